The number of carbonyl (C=O) groups excluding carboxylic acids is 6. The minimum Gasteiger partial charge on any atom is -0.445 e. The Kier molecular flexibility index (Phi) is 16.3. The largest absolute Gasteiger partial charge is 0.445 e. The summed E-state index contributed by atoms with van der Waals surface area (Å²) >= 11 is 2.44. The Bertz CT molecular complexity index is 2710. The van der Waals surface area contributed by atoms with Crippen molar-refractivity contribution in [3.8, 4) is 0 Å². The predicted molar refractivity (Wildman–Crippen MR) is 257 cm³/mol. The standard InChI is InChI=1S/2C26H24F2N2O4S/c2*1-14-11-17-20(12-14)35-25(21(17)23(31)22-18(27)9-6-10-19(22)28)30-24(32)15(2)29-26(33)34-13-16-7-4-3-5-8-16/h2*3-10,14-15H,11-13H2,1-2H3,(H,29,33)(H,30,32)/t14?,15-;14-,15+/m01/s1. The summed E-state index contributed by atoms with van der Waals surface area (Å²) in [7, 11) is 0. The molecule has 2 heterocycles. The molecular formula is C52H48F4N4O8S2. The van der Waals surface area contributed by atoms with E-state index in [-0.39, 0.29) is 46.2 Å². The zero-order chi connectivity index (χ0) is 50.2. The van der Waals surface area contributed by atoms with Crippen molar-refractivity contribution in [3.05, 3.63) is 175 Å². The van der Waals surface area contributed by atoms with Crippen molar-refractivity contribution in [1.29, 1.82) is 0 Å². The van der Waals surface area contributed by atoms with Crippen LogP contribution in [0.4, 0.5) is 37.2 Å². The van der Waals surface area contributed by atoms with Gasteiger partial charge < -0.3 is 30.7 Å². The molecule has 70 heavy (non-hydrogen) atoms. The molecule has 0 spiro atoms. The lowest BCUT2D eigenvalue weighted by Crippen LogP contribution is -2.41. The summed E-state index contributed by atoms with van der Waals surface area (Å²) in [6.07, 6.45) is 0.995. The molecule has 4 amide bonds. The first kappa shape index (κ1) is 50.7. The number of hydrogen-bond acceptors (Lipinski definition) is 10. The third-order valence-electron chi connectivity index (χ3n) is 11.5. The second kappa shape index (κ2) is 22.5. The quantitative estimate of drug-likeness (QED) is 0.0618. The van der Waals surface area contributed by atoms with Gasteiger partial charge in [0.05, 0.1) is 22.3 Å². The molecule has 1 unspecified atom stereocenters. The number of ether oxygens (including phenoxy) is 2. The first-order valence-electron chi connectivity index (χ1n) is 22.3. The van der Waals surface area contributed by atoms with E-state index in [4.69, 9.17) is 9.47 Å². The van der Waals surface area contributed by atoms with E-state index in [2.05, 4.69) is 21.3 Å². The highest BCUT2D eigenvalue weighted by Crippen LogP contribution is 2.44. The van der Waals surface area contributed by atoms with Crippen LogP contribution < -0.4 is 21.3 Å². The first-order valence-corrected chi connectivity index (χ1v) is 23.9. The van der Waals surface area contributed by atoms with Gasteiger partial charge >= 0.3 is 12.2 Å². The van der Waals surface area contributed by atoms with E-state index < -0.39 is 82.0 Å². The number of halogens is 4. The van der Waals surface area contributed by atoms with Crippen LogP contribution in [0.25, 0.3) is 0 Å². The van der Waals surface area contributed by atoms with Gasteiger partial charge in [0, 0.05) is 9.75 Å². The highest BCUT2D eigenvalue weighted by atomic mass is 32.1. The maximum Gasteiger partial charge on any atom is 0.408 e. The summed E-state index contributed by atoms with van der Waals surface area (Å²) in [6.45, 7) is 7.08. The van der Waals surface area contributed by atoms with E-state index >= 15 is 0 Å². The molecule has 0 saturated carbocycles. The van der Waals surface area contributed by atoms with Gasteiger partial charge in [0.25, 0.3) is 0 Å². The molecule has 2 aromatic heterocycles. The van der Waals surface area contributed by atoms with Crippen LogP contribution in [0.15, 0.2) is 97.1 Å². The van der Waals surface area contributed by atoms with Gasteiger partial charge in [-0.25, -0.2) is 27.2 Å². The number of thiophene rings is 2. The Labute approximate surface area is 408 Å². The summed E-state index contributed by atoms with van der Waals surface area (Å²) in [5.41, 5.74) is 1.90. The molecule has 4 N–H and O–H groups in total. The Morgan fingerprint density at radius 1 is 0.514 bits per heavy atom. The summed E-state index contributed by atoms with van der Waals surface area (Å²) in [5.74, 6) is -6.10. The highest BCUT2D eigenvalue weighted by molar-refractivity contribution is 7.17. The van der Waals surface area contributed by atoms with E-state index in [9.17, 15) is 46.3 Å². The molecule has 0 bridgehead atoms. The zero-order valence-electron chi connectivity index (χ0n) is 38.4. The predicted octanol–water partition coefficient (Wildman–Crippen LogP) is 10.5. The normalized spacial score (nSPS) is 15.3. The van der Waals surface area contributed by atoms with Crippen LogP contribution in [0.3, 0.4) is 0 Å². The molecule has 0 aliphatic heterocycles. The van der Waals surface area contributed by atoms with Crippen molar-refractivity contribution in [1.82, 2.24) is 10.6 Å². The first-order chi connectivity index (χ1) is 33.5. The number of benzene rings is 4. The number of fused-ring (bicyclic) bond motifs is 2. The number of amides is 4. The van der Waals surface area contributed by atoms with Gasteiger partial charge in [0.15, 0.2) is 0 Å². The summed E-state index contributed by atoms with van der Waals surface area (Å²) < 4.78 is 67.8. The molecule has 4 atom stereocenters. The third kappa shape index (κ3) is 12.0. The fraction of sp³-hybridized carbons (Fsp3) is 0.269. The number of rotatable bonds is 14. The molecular weight excluding hydrogens is 949 g/mol. The summed E-state index contributed by atoms with van der Waals surface area (Å²) in [6, 6.07) is 22.7. The molecule has 0 fully saturated rings. The third-order valence-corrected chi connectivity index (χ3v) is 13.9. The number of hydrogen-bond donors (Lipinski definition) is 4. The van der Waals surface area contributed by atoms with Gasteiger partial charge in [0.1, 0.15) is 58.6 Å². The fourth-order valence-electron chi connectivity index (χ4n) is 8.05. The van der Waals surface area contributed by atoms with Gasteiger partial charge in [-0.05, 0) is 97.9 Å². The van der Waals surface area contributed by atoms with Crippen molar-refractivity contribution >= 4 is 68.2 Å². The molecule has 2 aliphatic carbocycles. The van der Waals surface area contributed by atoms with E-state index in [1.165, 1.54) is 48.7 Å². The second-order valence-corrected chi connectivity index (χ2v) is 19.3. The average Bonchev–Trinajstić information content (AvgIpc) is 4.05. The van der Waals surface area contributed by atoms with Gasteiger partial charge in [-0.3, -0.25) is 19.2 Å². The molecule has 0 radical (unpaired) electrons. The number of ketones is 2. The lowest BCUT2D eigenvalue weighted by atomic mass is 9.98. The van der Waals surface area contributed by atoms with E-state index in [1.54, 1.807) is 24.3 Å². The van der Waals surface area contributed by atoms with Crippen LogP contribution in [0.2, 0.25) is 0 Å². The van der Waals surface area contributed by atoms with Crippen LogP contribution in [0, 0.1) is 35.1 Å². The van der Waals surface area contributed by atoms with Gasteiger partial charge in [0.2, 0.25) is 23.4 Å². The minimum atomic E-state index is -0.984. The number of alkyl carbamates (subject to hydrolysis) is 2. The SMILES string of the molecule is CC1Cc2sc(NC(=O)[C@H](C)NC(=O)OCc3ccccc3)c(C(=O)c3c(F)cccc3F)c2C1.C[C@H]1Cc2sc(NC(=O)[C@H](C)NC(=O)OCc3ccccc3)c(C(=O)c3c(F)cccc3F)c2C1. The molecule has 8 rings (SSSR count). The van der Waals surface area contributed by atoms with Crippen LogP contribution >= 0.6 is 22.7 Å². The molecule has 6 aromatic rings. The van der Waals surface area contributed by atoms with Gasteiger partial charge in [-0.1, -0.05) is 86.6 Å². The smallest absolute Gasteiger partial charge is 0.408 e. The fourth-order valence-corrected chi connectivity index (χ4v) is 10.8. The molecule has 4 aromatic carbocycles. The molecule has 364 valence electrons. The van der Waals surface area contributed by atoms with Gasteiger partial charge in [-0.15, -0.1) is 22.7 Å². The molecule has 12 nitrogen and oxygen atoms in total. The second-order valence-electron chi connectivity index (χ2n) is 17.1. The highest BCUT2D eigenvalue weighted by Gasteiger charge is 2.35. The molecule has 0 saturated heterocycles. The lowest BCUT2D eigenvalue weighted by Gasteiger charge is -2.15. The van der Waals surface area contributed by atoms with Crippen LogP contribution in [-0.2, 0) is 58.0 Å². The summed E-state index contributed by atoms with van der Waals surface area (Å²) in [5, 5.41) is 10.7. The van der Waals surface area contributed by atoms with Gasteiger partial charge in [-0.2, -0.15) is 0 Å². The van der Waals surface area contributed by atoms with E-state index in [0.717, 1.165) is 45.1 Å². The maximum absolute atomic E-state index is 14.4. The zero-order valence-corrected chi connectivity index (χ0v) is 40.0. The molecule has 18 heteroatoms. The Morgan fingerprint density at radius 2 is 0.857 bits per heavy atom. The Hall–Kier alpha value is -7.18. The maximum atomic E-state index is 14.4. The Morgan fingerprint density at radius 3 is 1.20 bits per heavy atom. The minimum absolute atomic E-state index is 0.0453. The monoisotopic (exact) mass is 996 g/mol. The van der Waals surface area contributed by atoms with Crippen molar-refractivity contribution in [2.75, 3.05) is 10.6 Å². The van der Waals surface area contributed by atoms with Crippen molar-refractivity contribution in [3.63, 3.8) is 0 Å². The van der Waals surface area contributed by atoms with Crippen molar-refractivity contribution in [2.45, 2.75) is 78.7 Å². The van der Waals surface area contributed by atoms with Crippen LogP contribution in [-0.4, -0.2) is 47.7 Å². The number of anilines is 2. The lowest BCUT2D eigenvalue weighted by molar-refractivity contribution is -0.118. The van der Waals surface area contributed by atoms with E-state index in [1.807, 2.05) is 50.2 Å². The topological polar surface area (TPSA) is 169 Å². The average molecular weight is 997 g/mol. The molecule has 2 aliphatic rings. The van der Waals surface area contributed by atoms with E-state index in [0.29, 0.717) is 36.8 Å². The van der Waals surface area contributed by atoms with Crippen molar-refractivity contribution in [2.24, 2.45) is 11.8 Å². The van der Waals surface area contributed by atoms with Crippen LogP contribution in [0.5, 0.6) is 0 Å². The van der Waals surface area contributed by atoms with Crippen LogP contribution in [0.1, 0.15) is 91.5 Å². The Balaban J connectivity index is 0.000000206. The summed E-state index contributed by atoms with van der Waals surface area (Å²) in [4.78, 5) is 78.2. The number of carbonyl (C=O) groups is 6. The number of nitrogens with one attached hydrogen (secondary N) is 4. The van der Waals surface area contributed by atoms with Crippen molar-refractivity contribution < 1.29 is 55.8 Å².